The Hall–Kier alpha value is -1.91. The van der Waals surface area contributed by atoms with Crippen molar-refractivity contribution >= 4 is 5.97 Å². The van der Waals surface area contributed by atoms with Gasteiger partial charge < -0.3 is 18.9 Å². The van der Waals surface area contributed by atoms with Crippen molar-refractivity contribution in [2.24, 2.45) is 52.3 Å². The average molecular weight is 583 g/mol. The number of esters is 1. The van der Waals surface area contributed by atoms with E-state index in [4.69, 9.17) is 18.9 Å². The van der Waals surface area contributed by atoms with E-state index in [2.05, 4.69) is 34.6 Å². The summed E-state index contributed by atoms with van der Waals surface area (Å²) in [5, 5.41) is 0. The summed E-state index contributed by atoms with van der Waals surface area (Å²) in [6, 6.07) is 5.31. The van der Waals surface area contributed by atoms with Crippen molar-refractivity contribution in [3.63, 3.8) is 0 Å². The monoisotopic (exact) mass is 582 g/mol. The molecule has 0 bridgehead atoms. The van der Waals surface area contributed by atoms with Crippen LogP contribution in [0.2, 0.25) is 0 Å². The van der Waals surface area contributed by atoms with Crippen molar-refractivity contribution in [2.75, 3.05) is 20.8 Å². The highest BCUT2D eigenvalue weighted by molar-refractivity contribution is 5.71. The van der Waals surface area contributed by atoms with Gasteiger partial charge in [-0.3, -0.25) is 0 Å². The van der Waals surface area contributed by atoms with Crippen LogP contribution in [-0.2, 0) is 9.53 Å². The van der Waals surface area contributed by atoms with E-state index in [1.807, 2.05) is 0 Å². The maximum atomic E-state index is 12.8. The van der Waals surface area contributed by atoms with Crippen molar-refractivity contribution in [1.82, 2.24) is 0 Å². The minimum absolute atomic E-state index is 0.0116. The minimum Gasteiger partial charge on any atom is -0.493 e. The fourth-order valence-electron chi connectivity index (χ4n) is 10.6. The van der Waals surface area contributed by atoms with Crippen molar-refractivity contribution in [3.05, 3.63) is 18.2 Å². The molecule has 4 aliphatic rings. The third-order valence-electron chi connectivity index (χ3n) is 12.8. The van der Waals surface area contributed by atoms with Gasteiger partial charge in [-0.1, -0.05) is 53.9 Å². The molecular weight excluding hydrogens is 524 g/mol. The maximum absolute atomic E-state index is 12.8. The molecule has 236 valence electrons. The van der Waals surface area contributed by atoms with Crippen LogP contribution < -0.4 is 14.2 Å². The number of carbonyl (C=O) groups is 1. The summed E-state index contributed by atoms with van der Waals surface area (Å²) in [7, 11) is 3.19. The van der Waals surface area contributed by atoms with Gasteiger partial charge in [0.1, 0.15) is 11.9 Å². The molecule has 0 spiro atoms. The summed E-state index contributed by atoms with van der Waals surface area (Å²) in [5.74, 6) is 7.42. The summed E-state index contributed by atoms with van der Waals surface area (Å²) in [6.07, 6.45) is 15.8. The summed E-state index contributed by atoms with van der Waals surface area (Å²) in [4.78, 5) is 12.8. The van der Waals surface area contributed by atoms with Gasteiger partial charge in [0.25, 0.3) is 0 Å². The zero-order valence-corrected chi connectivity index (χ0v) is 27.6. The molecule has 5 heteroatoms. The van der Waals surface area contributed by atoms with E-state index >= 15 is 0 Å². The quantitative estimate of drug-likeness (QED) is 0.244. The fourth-order valence-corrected chi connectivity index (χ4v) is 10.6. The zero-order valence-electron chi connectivity index (χ0n) is 27.6. The van der Waals surface area contributed by atoms with Gasteiger partial charge >= 0.3 is 5.97 Å². The molecule has 4 saturated carbocycles. The van der Waals surface area contributed by atoms with Crippen LogP contribution in [0, 0.1) is 52.3 Å². The van der Waals surface area contributed by atoms with Crippen molar-refractivity contribution in [1.29, 1.82) is 0 Å². The van der Waals surface area contributed by atoms with Gasteiger partial charge in [-0.25, -0.2) is 4.79 Å². The van der Waals surface area contributed by atoms with Crippen LogP contribution >= 0.6 is 0 Å². The highest BCUT2D eigenvalue weighted by atomic mass is 16.6. The van der Waals surface area contributed by atoms with Crippen molar-refractivity contribution in [2.45, 2.75) is 118 Å². The molecule has 9 atom stereocenters. The second-order valence-electron chi connectivity index (χ2n) is 15.4. The molecule has 0 saturated heterocycles. The molecule has 5 nitrogen and oxygen atoms in total. The van der Waals surface area contributed by atoms with Gasteiger partial charge in [-0.2, -0.15) is 0 Å². The van der Waals surface area contributed by atoms with E-state index in [1.54, 1.807) is 32.4 Å². The third kappa shape index (κ3) is 6.18. The Labute approximate surface area is 255 Å². The standard InChI is InChI=1S/C37H58O5/c1-24(2)9-8-10-25(3)30-14-15-31-29-13-11-26-21-28(17-19-36(26,4)32(29)18-20-37(30,31)5)42-35(38)23-41-27-12-16-33(39-6)34(22-27)40-7/h12,16,22,24-26,28-32H,8-11,13-15,17-21,23H2,1-7H3/t25-,26?,28?,29+,30-,31+,32+,36+,37-/m1/s1. The molecule has 4 fully saturated rings. The highest BCUT2D eigenvalue weighted by Gasteiger charge is 2.60. The average Bonchev–Trinajstić information content (AvgIpc) is 3.33. The number of fused-ring (bicyclic) bond motifs is 5. The lowest BCUT2D eigenvalue weighted by Gasteiger charge is -2.61. The molecule has 4 aliphatic carbocycles. The Morgan fingerprint density at radius 1 is 0.881 bits per heavy atom. The van der Waals surface area contributed by atoms with Crippen LogP contribution in [0.1, 0.15) is 112 Å². The molecule has 0 N–H and O–H groups in total. The Balaban J connectivity index is 1.14. The highest BCUT2D eigenvalue weighted by Crippen LogP contribution is 2.68. The minimum atomic E-state index is -0.278. The molecule has 42 heavy (non-hydrogen) atoms. The molecule has 0 aromatic heterocycles. The number of rotatable bonds is 11. The first-order chi connectivity index (χ1) is 20.1. The zero-order chi connectivity index (χ0) is 30.1. The Kier molecular flexibility index (Phi) is 9.74. The largest absolute Gasteiger partial charge is 0.493 e. The molecule has 2 unspecified atom stereocenters. The summed E-state index contributed by atoms with van der Waals surface area (Å²) in [6.45, 7) is 12.5. The molecular formula is C37H58O5. The Bertz CT molecular complexity index is 1070. The van der Waals surface area contributed by atoms with Crippen molar-refractivity contribution < 1.29 is 23.7 Å². The van der Waals surface area contributed by atoms with Gasteiger partial charge in [-0.15, -0.1) is 0 Å². The fraction of sp³-hybridized carbons (Fsp3) is 0.811. The molecule has 0 aliphatic heterocycles. The van der Waals surface area contributed by atoms with Crippen LogP contribution in [0.4, 0.5) is 0 Å². The summed E-state index contributed by atoms with van der Waals surface area (Å²) in [5.41, 5.74) is 0.937. The van der Waals surface area contributed by atoms with Gasteiger partial charge in [-0.05, 0) is 122 Å². The Morgan fingerprint density at radius 3 is 2.36 bits per heavy atom. The van der Waals surface area contributed by atoms with Crippen molar-refractivity contribution in [3.8, 4) is 17.2 Å². The second-order valence-corrected chi connectivity index (χ2v) is 15.4. The molecule has 0 radical (unpaired) electrons. The molecule has 0 heterocycles. The SMILES string of the molecule is COc1ccc(OCC(=O)OC2CC[C@@]3(C)C(CC[C@H]4[C@@H]5CC[C@H]([C@H](C)CCCC(C)C)[C@@]5(C)CC[C@@H]43)C2)cc1OC. The predicted octanol–water partition coefficient (Wildman–Crippen LogP) is 9.12. The van der Waals surface area contributed by atoms with E-state index in [1.165, 1.54) is 64.2 Å². The number of carbonyl (C=O) groups excluding carboxylic acids is 1. The van der Waals surface area contributed by atoms with E-state index < -0.39 is 0 Å². The van der Waals surface area contributed by atoms with Crippen LogP contribution in [0.5, 0.6) is 17.2 Å². The van der Waals surface area contributed by atoms with Crippen LogP contribution in [0.3, 0.4) is 0 Å². The molecule has 1 aromatic rings. The van der Waals surface area contributed by atoms with Gasteiger partial charge in [0.05, 0.1) is 14.2 Å². The first kappa shape index (κ1) is 31.5. The molecule has 0 amide bonds. The molecule has 1 aromatic carbocycles. The predicted molar refractivity (Wildman–Crippen MR) is 168 cm³/mol. The Morgan fingerprint density at radius 2 is 1.62 bits per heavy atom. The van der Waals surface area contributed by atoms with E-state index in [0.29, 0.717) is 34.0 Å². The number of benzene rings is 1. The normalized spacial score (nSPS) is 36.4. The smallest absolute Gasteiger partial charge is 0.344 e. The lowest BCUT2D eigenvalue weighted by molar-refractivity contribution is -0.164. The van der Waals surface area contributed by atoms with E-state index in [0.717, 1.165) is 48.3 Å². The van der Waals surface area contributed by atoms with E-state index in [-0.39, 0.29) is 18.7 Å². The number of hydrogen-bond donors (Lipinski definition) is 0. The molecule has 5 rings (SSSR count). The lowest BCUT2D eigenvalue weighted by Crippen LogP contribution is -2.54. The first-order valence-electron chi connectivity index (χ1n) is 17.1. The van der Waals surface area contributed by atoms with Gasteiger partial charge in [0.2, 0.25) is 0 Å². The summed E-state index contributed by atoms with van der Waals surface area (Å²) >= 11 is 0. The van der Waals surface area contributed by atoms with Crippen LogP contribution in [0.25, 0.3) is 0 Å². The second kappa shape index (κ2) is 13.0. The number of ether oxygens (including phenoxy) is 4. The topological polar surface area (TPSA) is 54.0 Å². The third-order valence-corrected chi connectivity index (χ3v) is 12.8. The number of hydrogen-bond acceptors (Lipinski definition) is 5. The summed E-state index contributed by atoms with van der Waals surface area (Å²) < 4.78 is 22.4. The van der Waals surface area contributed by atoms with Crippen LogP contribution in [0.15, 0.2) is 18.2 Å². The lowest BCUT2D eigenvalue weighted by atomic mass is 9.44. The maximum Gasteiger partial charge on any atom is 0.344 e. The number of methoxy groups -OCH3 is 2. The van der Waals surface area contributed by atoms with Gasteiger partial charge in [0, 0.05) is 6.07 Å². The van der Waals surface area contributed by atoms with Crippen LogP contribution in [-0.4, -0.2) is 32.9 Å². The van der Waals surface area contributed by atoms with Gasteiger partial charge in [0.15, 0.2) is 18.1 Å². The first-order valence-corrected chi connectivity index (χ1v) is 17.1. The van der Waals surface area contributed by atoms with E-state index in [9.17, 15) is 4.79 Å².